The standard InChI is InChI=1S/C12H17NO6S/c1-3-19-9-4-6-10(7-5-9)20(17,18)13-11(8(2)14)12(15)16/h4-8,11,13-14H,3H2,1-2H3,(H,15,16)/t8-,11+/m1/s1. The lowest BCUT2D eigenvalue weighted by molar-refractivity contribution is -0.141. The summed E-state index contributed by atoms with van der Waals surface area (Å²) in [6.07, 6.45) is -1.36. The van der Waals surface area contributed by atoms with E-state index in [1.807, 2.05) is 4.72 Å². The second-order valence-electron chi connectivity index (χ2n) is 4.08. The molecule has 0 radical (unpaired) electrons. The van der Waals surface area contributed by atoms with Gasteiger partial charge in [-0.1, -0.05) is 0 Å². The van der Waals surface area contributed by atoms with E-state index in [4.69, 9.17) is 9.84 Å². The van der Waals surface area contributed by atoms with Crippen molar-refractivity contribution in [2.75, 3.05) is 6.61 Å². The van der Waals surface area contributed by atoms with Crippen LogP contribution in [0.2, 0.25) is 0 Å². The summed E-state index contributed by atoms with van der Waals surface area (Å²) in [4.78, 5) is 10.8. The van der Waals surface area contributed by atoms with Gasteiger partial charge in [0.05, 0.1) is 17.6 Å². The highest BCUT2D eigenvalue weighted by Crippen LogP contribution is 2.16. The Bertz CT molecular complexity index is 552. The van der Waals surface area contributed by atoms with Gasteiger partial charge in [-0.2, -0.15) is 4.72 Å². The molecule has 0 aliphatic rings. The maximum Gasteiger partial charge on any atom is 0.324 e. The van der Waals surface area contributed by atoms with Crippen LogP contribution in [-0.4, -0.2) is 43.4 Å². The zero-order valence-electron chi connectivity index (χ0n) is 11.1. The van der Waals surface area contributed by atoms with Crippen molar-refractivity contribution in [1.29, 1.82) is 0 Å². The Morgan fingerprint density at radius 3 is 2.30 bits per heavy atom. The highest BCUT2D eigenvalue weighted by atomic mass is 32.2. The molecule has 2 atom stereocenters. The third-order valence-electron chi connectivity index (χ3n) is 2.48. The molecule has 1 aromatic rings. The normalized spacial score (nSPS) is 14.6. The van der Waals surface area contributed by atoms with Crippen LogP contribution in [-0.2, 0) is 14.8 Å². The third-order valence-corrected chi connectivity index (χ3v) is 3.93. The summed E-state index contributed by atoms with van der Waals surface area (Å²) in [5.74, 6) is -0.939. The van der Waals surface area contributed by atoms with Crippen molar-refractivity contribution in [3.63, 3.8) is 0 Å². The van der Waals surface area contributed by atoms with Crippen LogP contribution >= 0.6 is 0 Å². The van der Waals surface area contributed by atoms with Gasteiger partial charge in [-0.3, -0.25) is 4.79 Å². The lowest BCUT2D eigenvalue weighted by atomic mass is 10.2. The Morgan fingerprint density at radius 2 is 1.90 bits per heavy atom. The monoisotopic (exact) mass is 303 g/mol. The first-order valence-corrected chi connectivity index (χ1v) is 7.42. The fraction of sp³-hybridized carbons (Fsp3) is 0.417. The van der Waals surface area contributed by atoms with Crippen LogP contribution in [0.15, 0.2) is 29.2 Å². The van der Waals surface area contributed by atoms with Crippen molar-refractivity contribution in [2.45, 2.75) is 30.9 Å². The minimum absolute atomic E-state index is 0.104. The molecule has 0 aliphatic carbocycles. The molecule has 0 aromatic heterocycles. The van der Waals surface area contributed by atoms with Gasteiger partial charge in [0.25, 0.3) is 0 Å². The van der Waals surface area contributed by atoms with E-state index in [1.165, 1.54) is 31.2 Å². The second kappa shape index (κ2) is 6.69. The summed E-state index contributed by atoms with van der Waals surface area (Å²) < 4.78 is 31.1. The van der Waals surface area contributed by atoms with Gasteiger partial charge in [0.1, 0.15) is 11.8 Å². The quantitative estimate of drug-likeness (QED) is 0.663. The minimum Gasteiger partial charge on any atom is -0.494 e. The van der Waals surface area contributed by atoms with E-state index in [9.17, 15) is 18.3 Å². The molecule has 0 saturated heterocycles. The summed E-state index contributed by atoms with van der Waals surface area (Å²) in [5.41, 5.74) is 0. The second-order valence-corrected chi connectivity index (χ2v) is 5.80. The van der Waals surface area contributed by atoms with Crippen molar-refractivity contribution < 1.29 is 28.2 Å². The average molecular weight is 303 g/mol. The van der Waals surface area contributed by atoms with Crippen LogP contribution < -0.4 is 9.46 Å². The van der Waals surface area contributed by atoms with Gasteiger partial charge in [-0.15, -0.1) is 0 Å². The number of nitrogens with one attached hydrogen (secondary N) is 1. The van der Waals surface area contributed by atoms with Crippen molar-refractivity contribution in [3.8, 4) is 5.75 Å². The summed E-state index contributed by atoms with van der Waals surface area (Å²) in [6, 6.07) is 3.93. The topological polar surface area (TPSA) is 113 Å². The van der Waals surface area contributed by atoms with Crippen LogP contribution in [0.3, 0.4) is 0 Å². The fourth-order valence-corrected chi connectivity index (χ4v) is 2.73. The largest absolute Gasteiger partial charge is 0.494 e. The van der Waals surface area contributed by atoms with E-state index in [-0.39, 0.29) is 4.90 Å². The zero-order chi connectivity index (χ0) is 15.3. The Hall–Kier alpha value is -1.64. The van der Waals surface area contributed by atoms with Crippen LogP contribution in [0.5, 0.6) is 5.75 Å². The molecule has 0 aliphatic heterocycles. The molecule has 0 fully saturated rings. The maximum absolute atomic E-state index is 12.0. The summed E-state index contributed by atoms with van der Waals surface area (Å²) in [6.45, 7) is 3.44. The number of benzene rings is 1. The number of aliphatic carboxylic acids is 1. The van der Waals surface area contributed by atoms with Crippen LogP contribution in [0.25, 0.3) is 0 Å². The molecule has 0 spiro atoms. The molecule has 3 N–H and O–H groups in total. The van der Waals surface area contributed by atoms with Gasteiger partial charge in [-0.25, -0.2) is 8.42 Å². The number of aliphatic hydroxyl groups is 1. The Labute approximate surface area is 117 Å². The number of carboxylic acid groups (broad SMARTS) is 1. The van der Waals surface area contributed by atoms with Crippen LogP contribution in [0, 0.1) is 0 Å². The van der Waals surface area contributed by atoms with Gasteiger partial charge in [0, 0.05) is 0 Å². The minimum atomic E-state index is -4.03. The van der Waals surface area contributed by atoms with Crippen molar-refractivity contribution >= 4 is 16.0 Å². The predicted octanol–water partition coefficient (Wildman–Crippen LogP) is 0.198. The summed E-state index contributed by atoms with van der Waals surface area (Å²) >= 11 is 0. The van der Waals surface area contributed by atoms with Crippen LogP contribution in [0.4, 0.5) is 0 Å². The van der Waals surface area contributed by atoms with E-state index in [1.54, 1.807) is 6.92 Å². The number of aliphatic hydroxyl groups excluding tert-OH is 1. The molecule has 0 saturated carbocycles. The molecule has 20 heavy (non-hydrogen) atoms. The van der Waals surface area contributed by atoms with Crippen molar-refractivity contribution in [2.24, 2.45) is 0 Å². The summed E-state index contributed by atoms with van der Waals surface area (Å²) in [5, 5.41) is 18.1. The molecule has 0 bridgehead atoms. The number of sulfonamides is 1. The number of hydrogen-bond donors (Lipinski definition) is 3. The molecule has 0 heterocycles. The molecule has 0 amide bonds. The maximum atomic E-state index is 12.0. The van der Waals surface area contributed by atoms with Gasteiger partial charge in [0.2, 0.25) is 10.0 Å². The third kappa shape index (κ3) is 4.19. The highest BCUT2D eigenvalue weighted by molar-refractivity contribution is 7.89. The van der Waals surface area contributed by atoms with Crippen LogP contribution in [0.1, 0.15) is 13.8 Å². The molecule has 1 rings (SSSR count). The molecule has 7 nitrogen and oxygen atoms in total. The number of carbonyl (C=O) groups is 1. The van der Waals surface area contributed by atoms with Gasteiger partial charge in [-0.05, 0) is 38.1 Å². The highest BCUT2D eigenvalue weighted by Gasteiger charge is 2.29. The fourth-order valence-electron chi connectivity index (χ4n) is 1.47. The first-order valence-electron chi connectivity index (χ1n) is 5.94. The first-order chi connectivity index (χ1) is 9.27. The van der Waals surface area contributed by atoms with Gasteiger partial charge in [0.15, 0.2) is 0 Å². The smallest absolute Gasteiger partial charge is 0.324 e. The Kier molecular flexibility index (Phi) is 5.49. The van der Waals surface area contributed by atoms with Crippen molar-refractivity contribution in [3.05, 3.63) is 24.3 Å². The zero-order valence-corrected chi connectivity index (χ0v) is 11.9. The van der Waals surface area contributed by atoms with E-state index >= 15 is 0 Å². The SMILES string of the molecule is CCOc1ccc(S(=O)(=O)N[C@H](C(=O)O)[C@@H](C)O)cc1. The molecule has 112 valence electrons. The van der Waals surface area contributed by atoms with E-state index in [0.29, 0.717) is 12.4 Å². The van der Waals surface area contributed by atoms with E-state index in [2.05, 4.69) is 0 Å². The number of ether oxygens (including phenoxy) is 1. The molecular weight excluding hydrogens is 286 g/mol. The van der Waals surface area contributed by atoms with E-state index in [0.717, 1.165) is 0 Å². The first kappa shape index (κ1) is 16.4. The number of carboxylic acids is 1. The van der Waals surface area contributed by atoms with E-state index < -0.39 is 28.1 Å². The lowest BCUT2D eigenvalue weighted by Crippen LogP contribution is -2.47. The Balaban J connectivity index is 2.95. The number of hydrogen-bond acceptors (Lipinski definition) is 5. The average Bonchev–Trinajstić information content (AvgIpc) is 2.36. The number of rotatable bonds is 7. The van der Waals surface area contributed by atoms with Crippen molar-refractivity contribution in [1.82, 2.24) is 4.72 Å². The predicted molar refractivity (Wildman–Crippen MR) is 71.0 cm³/mol. The van der Waals surface area contributed by atoms with Gasteiger partial charge >= 0.3 is 5.97 Å². The molecule has 0 unspecified atom stereocenters. The van der Waals surface area contributed by atoms with Gasteiger partial charge < -0.3 is 14.9 Å². The lowest BCUT2D eigenvalue weighted by Gasteiger charge is -2.17. The molecule has 8 heteroatoms. The molecule has 1 aromatic carbocycles. The Morgan fingerprint density at radius 1 is 1.35 bits per heavy atom. The summed E-state index contributed by atoms with van der Waals surface area (Å²) in [7, 11) is -4.03. The molecular formula is C12H17NO6S.